The van der Waals surface area contributed by atoms with Gasteiger partial charge in [-0.05, 0) is 42.8 Å². The zero-order valence-corrected chi connectivity index (χ0v) is 13.6. The largest absolute Gasteiger partial charge is 0.384 e. The van der Waals surface area contributed by atoms with Crippen LogP contribution in [0.3, 0.4) is 0 Å². The van der Waals surface area contributed by atoms with Crippen LogP contribution in [0.2, 0.25) is 5.02 Å². The second-order valence-electron chi connectivity index (χ2n) is 4.79. The van der Waals surface area contributed by atoms with Gasteiger partial charge in [0.15, 0.2) is 0 Å². The van der Waals surface area contributed by atoms with Gasteiger partial charge in [-0.3, -0.25) is 0 Å². The molecule has 112 valence electrons. The molecule has 0 aliphatic heterocycles. The van der Waals surface area contributed by atoms with E-state index in [9.17, 15) is 0 Å². The van der Waals surface area contributed by atoms with E-state index in [2.05, 4.69) is 23.3 Å². The number of halogens is 1. The maximum absolute atomic E-state index is 6.20. The van der Waals surface area contributed by atoms with Gasteiger partial charge in [-0.15, -0.1) is 11.8 Å². The lowest BCUT2D eigenvalue weighted by Crippen LogP contribution is -2.33. The predicted molar refractivity (Wildman–Crippen MR) is 92.0 cm³/mol. The Balaban J connectivity index is 1.97. The molecule has 1 aromatic heterocycles. The number of benzene rings is 1. The summed E-state index contributed by atoms with van der Waals surface area (Å²) in [6.07, 6.45) is 2.69. The Morgan fingerprint density at radius 1 is 1.33 bits per heavy atom. The van der Waals surface area contributed by atoms with Crippen molar-refractivity contribution in [1.29, 1.82) is 0 Å². The topological polar surface area (TPSA) is 50.9 Å². The van der Waals surface area contributed by atoms with Gasteiger partial charge in [0, 0.05) is 22.9 Å². The fourth-order valence-electron chi connectivity index (χ4n) is 2.14. The average molecular weight is 322 g/mol. The number of nitrogens with zero attached hydrogens (tertiary/aromatic N) is 1. The van der Waals surface area contributed by atoms with Crippen molar-refractivity contribution < 1.29 is 0 Å². The van der Waals surface area contributed by atoms with Crippen molar-refractivity contribution in [3.05, 3.63) is 53.2 Å². The van der Waals surface area contributed by atoms with Gasteiger partial charge in [-0.2, -0.15) is 0 Å². The summed E-state index contributed by atoms with van der Waals surface area (Å²) in [6, 6.07) is 12.3. The number of rotatable bonds is 7. The summed E-state index contributed by atoms with van der Waals surface area (Å²) in [4.78, 5) is 5.15. The molecule has 3 nitrogen and oxygen atoms in total. The third-order valence-electron chi connectivity index (χ3n) is 3.10. The SMILES string of the molecule is CCNC(CSc1ccccc1Cl)Cc1ccnc(N)c1. The monoisotopic (exact) mass is 321 g/mol. The lowest BCUT2D eigenvalue weighted by molar-refractivity contribution is 0.572. The van der Waals surface area contributed by atoms with Crippen LogP contribution in [0, 0.1) is 0 Å². The van der Waals surface area contributed by atoms with Crippen LogP contribution in [0.1, 0.15) is 12.5 Å². The minimum Gasteiger partial charge on any atom is -0.384 e. The number of nitrogens with one attached hydrogen (secondary N) is 1. The number of nitrogens with two attached hydrogens (primary N) is 1. The first-order valence-corrected chi connectivity index (χ1v) is 8.36. The Labute approximate surface area is 135 Å². The van der Waals surface area contributed by atoms with Crippen LogP contribution in [0.4, 0.5) is 5.82 Å². The van der Waals surface area contributed by atoms with Crippen LogP contribution in [0.15, 0.2) is 47.5 Å². The van der Waals surface area contributed by atoms with Crippen LogP contribution in [0.5, 0.6) is 0 Å². The lowest BCUT2D eigenvalue weighted by atomic mass is 10.1. The third-order valence-corrected chi connectivity index (χ3v) is 4.77. The number of aromatic nitrogens is 1. The molecule has 0 saturated carbocycles. The van der Waals surface area contributed by atoms with E-state index in [1.807, 2.05) is 30.3 Å². The minimum atomic E-state index is 0.373. The van der Waals surface area contributed by atoms with Gasteiger partial charge < -0.3 is 11.1 Å². The zero-order valence-electron chi connectivity index (χ0n) is 12.1. The van der Waals surface area contributed by atoms with Crippen molar-refractivity contribution in [1.82, 2.24) is 10.3 Å². The number of anilines is 1. The van der Waals surface area contributed by atoms with E-state index in [0.717, 1.165) is 28.6 Å². The van der Waals surface area contributed by atoms with Crippen LogP contribution < -0.4 is 11.1 Å². The van der Waals surface area contributed by atoms with E-state index in [0.29, 0.717) is 11.9 Å². The first-order valence-electron chi connectivity index (χ1n) is 7.00. The normalized spacial score (nSPS) is 12.3. The molecule has 0 fully saturated rings. The van der Waals surface area contributed by atoms with Gasteiger partial charge >= 0.3 is 0 Å². The number of thioether (sulfide) groups is 1. The fourth-order valence-corrected chi connectivity index (χ4v) is 3.43. The molecule has 0 bridgehead atoms. The number of hydrogen-bond donors (Lipinski definition) is 2. The van der Waals surface area contributed by atoms with E-state index in [1.165, 1.54) is 5.56 Å². The quantitative estimate of drug-likeness (QED) is 0.765. The molecule has 0 spiro atoms. The summed E-state index contributed by atoms with van der Waals surface area (Å²) in [7, 11) is 0. The maximum Gasteiger partial charge on any atom is 0.123 e. The minimum absolute atomic E-state index is 0.373. The fraction of sp³-hybridized carbons (Fsp3) is 0.312. The molecule has 1 heterocycles. The van der Waals surface area contributed by atoms with Crippen LogP contribution in [-0.4, -0.2) is 23.3 Å². The Hall–Kier alpha value is -1.23. The van der Waals surface area contributed by atoms with Crippen LogP contribution in [0.25, 0.3) is 0 Å². The van der Waals surface area contributed by atoms with Gasteiger partial charge in [-0.1, -0.05) is 30.7 Å². The van der Waals surface area contributed by atoms with Crippen LogP contribution in [-0.2, 0) is 6.42 Å². The number of nitrogen functional groups attached to an aromatic ring is 1. The van der Waals surface area contributed by atoms with Crippen LogP contribution >= 0.6 is 23.4 Å². The maximum atomic E-state index is 6.20. The number of hydrogen-bond acceptors (Lipinski definition) is 4. The van der Waals surface area contributed by atoms with Gasteiger partial charge in [-0.25, -0.2) is 4.98 Å². The van der Waals surface area contributed by atoms with Crippen molar-refractivity contribution in [2.75, 3.05) is 18.0 Å². The van der Waals surface area contributed by atoms with Gasteiger partial charge in [0.25, 0.3) is 0 Å². The third kappa shape index (κ3) is 5.23. The molecule has 0 aliphatic carbocycles. The molecular weight excluding hydrogens is 302 g/mol. The average Bonchev–Trinajstić information content (AvgIpc) is 2.46. The molecule has 1 atom stereocenters. The summed E-state index contributed by atoms with van der Waals surface area (Å²) in [5, 5.41) is 4.33. The summed E-state index contributed by atoms with van der Waals surface area (Å²) < 4.78 is 0. The van der Waals surface area contributed by atoms with Crippen molar-refractivity contribution in [3.8, 4) is 0 Å². The molecule has 0 saturated heterocycles. The lowest BCUT2D eigenvalue weighted by Gasteiger charge is -2.18. The van der Waals surface area contributed by atoms with E-state index in [1.54, 1.807) is 18.0 Å². The van der Waals surface area contributed by atoms with E-state index >= 15 is 0 Å². The van der Waals surface area contributed by atoms with Gasteiger partial charge in [0.2, 0.25) is 0 Å². The highest BCUT2D eigenvalue weighted by Gasteiger charge is 2.10. The second-order valence-corrected chi connectivity index (χ2v) is 6.26. The molecule has 2 rings (SSSR count). The molecule has 21 heavy (non-hydrogen) atoms. The highest BCUT2D eigenvalue weighted by atomic mass is 35.5. The summed E-state index contributed by atoms with van der Waals surface area (Å²) in [6.45, 7) is 3.06. The summed E-state index contributed by atoms with van der Waals surface area (Å²) in [5.41, 5.74) is 6.94. The van der Waals surface area contributed by atoms with E-state index in [4.69, 9.17) is 17.3 Å². The Kier molecular flexibility index (Phi) is 6.36. The first kappa shape index (κ1) is 16.1. The molecule has 0 amide bonds. The second kappa shape index (κ2) is 8.27. The Morgan fingerprint density at radius 3 is 2.86 bits per heavy atom. The molecule has 1 unspecified atom stereocenters. The van der Waals surface area contributed by atoms with Crippen molar-refractivity contribution in [2.24, 2.45) is 0 Å². The van der Waals surface area contributed by atoms with Crippen molar-refractivity contribution >= 4 is 29.2 Å². The summed E-state index contributed by atoms with van der Waals surface area (Å²) in [5.74, 6) is 1.53. The van der Waals surface area contributed by atoms with Crippen molar-refractivity contribution in [2.45, 2.75) is 24.3 Å². The highest BCUT2D eigenvalue weighted by molar-refractivity contribution is 7.99. The number of likely N-dealkylation sites (N-methyl/N-ethyl adjacent to an activating group) is 1. The highest BCUT2D eigenvalue weighted by Crippen LogP contribution is 2.27. The number of pyridine rings is 1. The molecule has 5 heteroatoms. The van der Waals surface area contributed by atoms with E-state index in [-0.39, 0.29) is 0 Å². The van der Waals surface area contributed by atoms with Gasteiger partial charge in [0.1, 0.15) is 5.82 Å². The molecule has 0 aliphatic rings. The standard InChI is InChI=1S/C16H20ClN3S/c1-2-19-13(9-12-7-8-20-16(18)10-12)11-21-15-6-4-3-5-14(15)17/h3-8,10,13,19H,2,9,11H2,1H3,(H2,18,20). The van der Waals surface area contributed by atoms with Gasteiger partial charge in [0.05, 0.1) is 5.02 Å². The zero-order chi connectivity index (χ0) is 15.1. The molecule has 0 radical (unpaired) electrons. The van der Waals surface area contributed by atoms with Crippen molar-refractivity contribution in [3.63, 3.8) is 0 Å². The Bertz CT molecular complexity index is 577. The molecular formula is C16H20ClN3S. The van der Waals surface area contributed by atoms with E-state index < -0.39 is 0 Å². The molecule has 3 N–H and O–H groups in total. The predicted octanol–water partition coefficient (Wildman–Crippen LogP) is 3.63. The molecule has 2 aromatic rings. The molecule has 1 aromatic carbocycles. The Morgan fingerprint density at radius 2 is 2.14 bits per heavy atom. The smallest absolute Gasteiger partial charge is 0.123 e. The summed E-state index contributed by atoms with van der Waals surface area (Å²) >= 11 is 7.98. The first-order chi connectivity index (χ1) is 10.2.